The zero-order valence-electron chi connectivity index (χ0n) is 18.0. The van der Waals surface area contributed by atoms with Crippen LogP contribution in [0.1, 0.15) is 54.7 Å². The fourth-order valence-corrected chi connectivity index (χ4v) is 5.25. The molecule has 0 unspecified atom stereocenters. The van der Waals surface area contributed by atoms with Crippen molar-refractivity contribution in [2.75, 3.05) is 0 Å². The van der Waals surface area contributed by atoms with Crippen LogP contribution < -0.4 is 4.57 Å². The van der Waals surface area contributed by atoms with E-state index in [-0.39, 0.29) is 0 Å². The van der Waals surface area contributed by atoms with Gasteiger partial charge in [0.2, 0.25) is 5.69 Å². The number of benzene rings is 2. The Bertz CT molecular complexity index is 1320. The maximum atomic E-state index is 7.87. The Morgan fingerprint density at radius 2 is 1.77 bits per heavy atom. The van der Waals surface area contributed by atoms with E-state index in [9.17, 15) is 0 Å². The van der Waals surface area contributed by atoms with E-state index in [4.69, 9.17) is 11.0 Å². The molecule has 3 nitrogen and oxygen atoms in total. The summed E-state index contributed by atoms with van der Waals surface area (Å²) in [7, 11) is 2.07. The van der Waals surface area contributed by atoms with Gasteiger partial charge < -0.3 is 4.42 Å². The Hall–Kier alpha value is -3.12. The highest BCUT2D eigenvalue weighted by Gasteiger charge is 2.27. The van der Waals surface area contributed by atoms with Gasteiger partial charge in [-0.1, -0.05) is 37.5 Å². The molecule has 0 bridgehead atoms. The number of hydrogen-bond acceptors (Lipinski definition) is 1. The Kier molecular flexibility index (Phi) is 4.59. The summed E-state index contributed by atoms with van der Waals surface area (Å²) in [5, 5.41) is 2.29. The number of rotatable bonds is 2. The van der Waals surface area contributed by atoms with E-state index in [0.29, 0.717) is 5.92 Å². The average molecular weight is 396 g/mol. The first-order chi connectivity index (χ1) is 14.6. The number of aromatic nitrogens is 1. The molecule has 0 saturated heterocycles. The molecule has 0 radical (unpaired) electrons. The molecule has 0 amide bonds. The molecule has 0 spiro atoms. The maximum absolute atomic E-state index is 7.87. The van der Waals surface area contributed by atoms with Crippen LogP contribution in [0.5, 0.6) is 0 Å². The van der Waals surface area contributed by atoms with Crippen molar-refractivity contribution >= 4 is 27.6 Å². The predicted octanol–water partition coefficient (Wildman–Crippen LogP) is 7.29. The van der Waals surface area contributed by atoms with Crippen molar-refractivity contribution in [3.8, 4) is 11.3 Å². The van der Waals surface area contributed by atoms with Crippen molar-refractivity contribution in [1.82, 2.24) is 0 Å². The number of nitrogens with zero attached hydrogens (tertiary/aromatic N) is 2. The van der Waals surface area contributed by atoms with Crippen molar-refractivity contribution in [2.45, 2.75) is 51.9 Å². The van der Waals surface area contributed by atoms with Crippen molar-refractivity contribution in [3.63, 3.8) is 0 Å². The highest BCUT2D eigenvalue weighted by molar-refractivity contribution is 6.12. The highest BCUT2D eigenvalue weighted by atomic mass is 16.3. The number of fused-ring (bicyclic) bond motifs is 3. The Morgan fingerprint density at radius 1 is 0.967 bits per heavy atom. The van der Waals surface area contributed by atoms with Crippen LogP contribution in [-0.2, 0) is 7.05 Å². The number of pyridine rings is 1. The van der Waals surface area contributed by atoms with Crippen LogP contribution in [0.4, 0.5) is 5.69 Å². The molecule has 1 aliphatic rings. The summed E-state index contributed by atoms with van der Waals surface area (Å²) in [6.07, 6.45) is 8.15. The lowest BCUT2D eigenvalue weighted by molar-refractivity contribution is -0.660. The summed E-state index contributed by atoms with van der Waals surface area (Å²) in [5.41, 5.74) is 8.36. The Balaban J connectivity index is 1.89. The molecule has 2 aromatic heterocycles. The van der Waals surface area contributed by atoms with Crippen LogP contribution in [0.2, 0.25) is 0 Å². The van der Waals surface area contributed by atoms with Gasteiger partial charge in [-0.2, -0.15) is 0 Å². The van der Waals surface area contributed by atoms with Gasteiger partial charge in [0.25, 0.3) is 0 Å². The SMILES string of the molecule is [C-]#[N+]c1c(C)cc2c(oc3c(-c4cccc[n+]4C)c(C)ccc32)c1C1CCCCC1. The Morgan fingerprint density at radius 3 is 2.50 bits per heavy atom. The summed E-state index contributed by atoms with van der Waals surface area (Å²) in [6, 6.07) is 12.8. The maximum Gasteiger partial charge on any atom is 0.216 e. The summed E-state index contributed by atoms with van der Waals surface area (Å²) < 4.78 is 8.84. The minimum absolute atomic E-state index is 0.420. The summed E-state index contributed by atoms with van der Waals surface area (Å²) >= 11 is 0. The third kappa shape index (κ3) is 2.82. The molecule has 0 atom stereocenters. The quantitative estimate of drug-likeness (QED) is 0.258. The minimum Gasteiger partial charge on any atom is -0.456 e. The number of aryl methyl sites for hydroxylation is 3. The predicted molar refractivity (Wildman–Crippen MR) is 122 cm³/mol. The van der Waals surface area contributed by atoms with Crippen molar-refractivity contribution in [1.29, 1.82) is 0 Å². The van der Waals surface area contributed by atoms with Crippen LogP contribution in [0.15, 0.2) is 47.0 Å². The molecule has 0 N–H and O–H groups in total. The molecule has 2 aromatic carbocycles. The number of hydrogen-bond donors (Lipinski definition) is 0. The normalized spacial score (nSPS) is 15.0. The van der Waals surface area contributed by atoms with Gasteiger partial charge in [0.05, 0.1) is 12.1 Å². The van der Waals surface area contributed by atoms with Crippen LogP contribution >= 0.6 is 0 Å². The van der Waals surface area contributed by atoms with E-state index >= 15 is 0 Å². The third-order valence-corrected chi connectivity index (χ3v) is 6.78. The van der Waals surface area contributed by atoms with Crippen molar-refractivity contribution in [3.05, 3.63) is 70.7 Å². The zero-order valence-corrected chi connectivity index (χ0v) is 18.0. The highest BCUT2D eigenvalue weighted by Crippen LogP contribution is 2.47. The van der Waals surface area contributed by atoms with Crippen LogP contribution in [0.3, 0.4) is 0 Å². The molecular weight excluding hydrogens is 368 g/mol. The van der Waals surface area contributed by atoms with E-state index in [1.54, 1.807) is 0 Å². The van der Waals surface area contributed by atoms with E-state index in [0.717, 1.165) is 62.9 Å². The molecule has 30 heavy (non-hydrogen) atoms. The van der Waals surface area contributed by atoms with E-state index in [2.05, 4.69) is 66.8 Å². The fraction of sp³-hybridized carbons (Fsp3) is 0.333. The summed E-state index contributed by atoms with van der Waals surface area (Å²) in [4.78, 5) is 3.96. The standard InChI is InChI=1S/C27H27N2O/c1-17-13-14-20-21-16-18(2)25(28-3)24(19-10-6-5-7-11-19)27(21)30-26(20)23(17)22-12-8-9-15-29(22)4/h8-9,12-16,19H,5-7,10-11H2,1-2,4H3/q+1. The minimum atomic E-state index is 0.420. The van der Waals surface area contributed by atoms with Gasteiger partial charge in [0.1, 0.15) is 18.2 Å². The molecule has 1 fully saturated rings. The van der Waals surface area contributed by atoms with Crippen LogP contribution in [-0.4, -0.2) is 0 Å². The largest absolute Gasteiger partial charge is 0.456 e. The molecule has 3 heteroatoms. The van der Waals surface area contributed by atoms with Gasteiger partial charge >= 0.3 is 0 Å². The topological polar surface area (TPSA) is 21.4 Å². The van der Waals surface area contributed by atoms with Gasteiger partial charge in [-0.15, -0.1) is 0 Å². The van der Waals surface area contributed by atoms with Gasteiger partial charge in [-0.05, 0) is 49.8 Å². The zero-order chi connectivity index (χ0) is 20.8. The molecule has 4 aromatic rings. The third-order valence-electron chi connectivity index (χ3n) is 6.78. The van der Waals surface area contributed by atoms with Crippen molar-refractivity contribution in [2.24, 2.45) is 7.05 Å². The van der Waals surface area contributed by atoms with Gasteiger partial charge in [0, 0.05) is 28.5 Å². The van der Waals surface area contributed by atoms with Gasteiger partial charge in [-0.25, -0.2) is 9.41 Å². The molecule has 0 aliphatic heterocycles. The van der Waals surface area contributed by atoms with Crippen LogP contribution in [0, 0.1) is 20.4 Å². The molecule has 1 aliphatic carbocycles. The first-order valence-corrected chi connectivity index (χ1v) is 10.9. The second-order valence-electron chi connectivity index (χ2n) is 8.71. The fourth-order valence-electron chi connectivity index (χ4n) is 5.25. The lowest BCUT2D eigenvalue weighted by Crippen LogP contribution is -2.30. The van der Waals surface area contributed by atoms with E-state index < -0.39 is 0 Å². The van der Waals surface area contributed by atoms with Gasteiger partial charge in [-0.3, -0.25) is 0 Å². The average Bonchev–Trinajstić information content (AvgIpc) is 3.12. The molecular formula is C27H27N2O+. The molecule has 5 rings (SSSR count). The summed E-state index contributed by atoms with van der Waals surface area (Å²) in [6.45, 7) is 12.1. The Labute approximate surface area is 177 Å². The molecule has 150 valence electrons. The smallest absolute Gasteiger partial charge is 0.216 e. The number of furan rings is 1. The first kappa shape index (κ1) is 18.9. The molecule has 1 saturated carbocycles. The second kappa shape index (κ2) is 7.29. The lowest BCUT2D eigenvalue weighted by atomic mass is 9.82. The van der Waals surface area contributed by atoms with E-state index in [1.807, 2.05) is 6.07 Å². The monoisotopic (exact) mass is 395 g/mol. The first-order valence-electron chi connectivity index (χ1n) is 10.9. The van der Waals surface area contributed by atoms with E-state index in [1.165, 1.54) is 24.8 Å². The lowest BCUT2D eigenvalue weighted by Gasteiger charge is -2.23. The second-order valence-corrected chi connectivity index (χ2v) is 8.71. The summed E-state index contributed by atoms with van der Waals surface area (Å²) in [5.74, 6) is 0.420. The van der Waals surface area contributed by atoms with Crippen molar-refractivity contribution < 1.29 is 8.98 Å². The van der Waals surface area contributed by atoms with Crippen LogP contribution in [0.25, 0.3) is 38.0 Å². The molecule has 2 heterocycles. The van der Waals surface area contributed by atoms with Gasteiger partial charge in [0.15, 0.2) is 11.9 Å².